The van der Waals surface area contributed by atoms with E-state index < -0.39 is 0 Å². The Morgan fingerprint density at radius 1 is 1.03 bits per heavy atom. The van der Waals surface area contributed by atoms with Gasteiger partial charge in [0.2, 0.25) is 0 Å². The molecule has 3 aromatic carbocycles. The van der Waals surface area contributed by atoms with Crippen molar-refractivity contribution in [3.05, 3.63) is 89.2 Å². The lowest BCUT2D eigenvalue weighted by Gasteiger charge is -2.20. The van der Waals surface area contributed by atoms with E-state index in [4.69, 9.17) is 14.2 Å². The highest BCUT2D eigenvalue weighted by molar-refractivity contribution is 6.09. The molecule has 1 aliphatic heterocycles. The number of amides is 2. The summed E-state index contributed by atoms with van der Waals surface area (Å²) in [5, 5.41) is 5.65. The van der Waals surface area contributed by atoms with Gasteiger partial charge in [-0.3, -0.25) is 9.59 Å². The Hall–Kier alpha value is -4.26. The van der Waals surface area contributed by atoms with Crippen LogP contribution in [0, 0.1) is 0 Å². The van der Waals surface area contributed by atoms with Gasteiger partial charge < -0.3 is 24.8 Å². The highest BCUT2D eigenvalue weighted by atomic mass is 16.5. The van der Waals surface area contributed by atoms with E-state index >= 15 is 0 Å². The van der Waals surface area contributed by atoms with Crippen molar-refractivity contribution < 1.29 is 23.8 Å². The molecule has 2 amide bonds. The van der Waals surface area contributed by atoms with Gasteiger partial charge in [-0.1, -0.05) is 30.3 Å². The minimum Gasteiger partial charge on any atom is -0.497 e. The Balaban J connectivity index is 1.47. The number of nitrogens with one attached hydrogen (secondary N) is 2. The summed E-state index contributed by atoms with van der Waals surface area (Å²) in [4.78, 5) is 25.1. The molecule has 2 N–H and O–H groups in total. The number of carbonyl (C=O) groups is 2. The largest absolute Gasteiger partial charge is 0.497 e. The summed E-state index contributed by atoms with van der Waals surface area (Å²) >= 11 is 0. The summed E-state index contributed by atoms with van der Waals surface area (Å²) in [5.41, 5.74) is 2.50. The molecule has 0 saturated heterocycles. The minimum absolute atomic E-state index is 0.188. The summed E-state index contributed by atoms with van der Waals surface area (Å²) in [7, 11) is 3.14. The summed E-state index contributed by atoms with van der Waals surface area (Å²) < 4.78 is 16.3. The van der Waals surface area contributed by atoms with Gasteiger partial charge in [0.15, 0.2) is 11.5 Å². The standard InChI is InChI=1S/C25H22N2O5/c1-30-19-10-8-18(22(14-19)31-2)15-26-24(28)17-9-11-21-20(13-17)27-25(29)23(32-21)12-16-6-4-3-5-7-16/h3-14H,15H2,1-2H3,(H,26,28)(H,27,29)/b23-12-. The molecule has 0 spiro atoms. The first-order chi connectivity index (χ1) is 15.6. The van der Waals surface area contributed by atoms with Gasteiger partial charge >= 0.3 is 0 Å². The van der Waals surface area contributed by atoms with E-state index in [1.807, 2.05) is 36.4 Å². The van der Waals surface area contributed by atoms with Crippen molar-refractivity contribution in [1.82, 2.24) is 5.32 Å². The van der Waals surface area contributed by atoms with E-state index in [0.717, 1.165) is 11.1 Å². The molecule has 0 aliphatic carbocycles. The second-order valence-corrected chi connectivity index (χ2v) is 7.05. The molecule has 0 unspecified atom stereocenters. The van der Waals surface area contributed by atoms with Crippen LogP contribution in [0.25, 0.3) is 6.08 Å². The Morgan fingerprint density at radius 2 is 1.84 bits per heavy atom. The van der Waals surface area contributed by atoms with E-state index in [9.17, 15) is 9.59 Å². The van der Waals surface area contributed by atoms with Gasteiger partial charge in [0.25, 0.3) is 11.8 Å². The molecule has 0 bridgehead atoms. The first-order valence-corrected chi connectivity index (χ1v) is 9.96. The Kier molecular flexibility index (Phi) is 6.07. The summed E-state index contributed by atoms with van der Waals surface area (Å²) in [6.07, 6.45) is 1.67. The van der Waals surface area contributed by atoms with Gasteiger partial charge in [-0.15, -0.1) is 0 Å². The zero-order valence-electron chi connectivity index (χ0n) is 17.7. The molecule has 3 aromatic rings. The molecule has 32 heavy (non-hydrogen) atoms. The van der Waals surface area contributed by atoms with Crippen LogP contribution in [0.3, 0.4) is 0 Å². The summed E-state index contributed by atoms with van der Waals surface area (Å²) in [6, 6.07) is 19.7. The normalized spacial score (nSPS) is 13.6. The lowest BCUT2D eigenvalue weighted by Crippen LogP contribution is -2.26. The number of rotatable bonds is 6. The summed E-state index contributed by atoms with van der Waals surface area (Å²) in [6.45, 7) is 0.274. The molecule has 7 heteroatoms. The molecule has 1 aliphatic rings. The Labute approximate surface area is 185 Å². The number of hydrogen-bond acceptors (Lipinski definition) is 5. The minimum atomic E-state index is -0.373. The highest BCUT2D eigenvalue weighted by Gasteiger charge is 2.23. The second-order valence-electron chi connectivity index (χ2n) is 7.05. The van der Waals surface area contributed by atoms with Gasteiger partial charge in [0.05, 0.1) is 19.9 Å². The fourth-order valence-corrected chi connectivity index (χ4v) is 3.28. The first kappa shape index (κ1) is 21.0. The maximum atomic E-state index is 12.7. The number of fused-ring (bicyclic) bond motifs is 1. The van der Waals surface area contributed by atoms with Crippen LogP contribution in [0.1, 0.15) is 21.5 Å². The van der Waals surface area contributed by atoms with Crippen LogP contribution < -0.4 is 24.8 Å². The molecule has 0 fully saturated rings. The first-order valence-electron chi connectivity index (χ1n) is 9.96. The molecule has 0 radical (unpaired) electrons. The number of ether oxygens (including phenoxy) is 3. The predicted octanol–water partition coefficient (Wildman–Crippen LogP) is 4.01. The maximum absolute atomic E-state index is 12.7. The third-order valence-electron chi connectivity index (χ3n) is 4.96. The third-order valence-corrected chi connectivity index (χ3v) is 4.96. The summed E-state index contributed by atoms with van der Waals surface area (Å²) in [5.74, 6) is 1.29. The fourth-order valence-electron chi connectivity index (χ4n) is 3.28. The van der Waals surface area contributed by atoms with Crippen LogP contribution in [0.4, 0.5) is 5.69 Å². The average Bonchev–Trinajstić information content (AvgIpc) is 2.83. The maximum Gasteiger partial charge on any atom is 0.291 e. The molecule has 0 aromatic heterocycles. The van der Waals surface area contributed by atoms with Crippen molar-refractivity contribution in [2.45, 2.75) is 6.54 Å². The van der Waals surface area contributed by atoms with Crippen molar-refractivity contribution in [3.8, 4) is 17.2 Å². The Bertz CT molecular complexity index is 1190. The van der Waals surface area contributed by atoms with E-state index in [2.05, 4.69) is 10.6 Å². The van der Waals surface area contributed by atoms with Gasteiger partial charge in [0, 0.05) is 23.7 Å². The lowest BCUT2D eigenvalue weighted by atomic mass is 10.1. The average molecular weight is 430 g/mol. The van der Waals surface area contributed by atoms with Crippen molar-refractivity contribution in [2.24, 2.45) is 0 Å². The fraction of sp³-hybridized carbons (Fsp3) is 0.120. The predicted molar refractivity (Wildman–Crippen MR) is 121 cm³/mol. The molecule has 162 valence electrons. The van der Waals surface area contributed by atoms with Crippen molar-refractivity contribution >= 4 is 23.6 Å². The van der Waals surface area contributed by atoms with Gasteiger partial charge in [-0.2, -0.15) is 0 Å². The van der Waals surface area contributed by atoms with Crippen LogP contribution in [-0.4, -0.2) is 26.0 Å². The van der Waals surface area contributed by atoms with E-state index in [1.54, 1.807) is 50.6 Å². The third kappa shape index (κ3) is 4.57. The van der Waals surface area contributed by atoms with E-state index in [0.29, 0.717) is 28.5 Å². The quantitative estimate of drug-likeness (QED) is 0.577. The van der Waals surface area contributed by atoms with Crippen LogP contribution in [0.15, 0.2) is 72.5 Å². The van der Waals surface area contributed by atoms with Crippen LogP contribution in [0.5, 0.6) is 17.2 Å². The van der Waals surface area contributed by atoms with E-state index in [-0.39, 0.29) is 24.1 Å². The lowest BCUT2D eigenvalue weighted by molar-refractivity contribution is -0.115. The molecule has 7 nitrogen and oxygen atoms in total. The number of carbonyl (C=O) groups excluding carboxylic acids is 2. The van der Waals surface area contributed by atoms with Gasteiger partial charge in [-0.05, 0) is 42.0 Å². The van der Waals surface area contributed by atoms with Crippen LogP contribution in [0.2, 0.25) is 0 Å². The van der Waals surface area contributed by atoms with Crippen molar-refractivity contribution in [2.75, 3.05) is 19.5 Å². The SMILES string of the molecule is COc1ccc(CNC(=O)c2ccc3c(c2)NC(=O)/C(=C/c2ccccc2)O3)c(OC)c1. The van der Waals surface area contributed by atoms with Gasteiger partial charge in [-0.25, -0.2) is 0 Å². The zero-order valence-corrected chi connectivity index (χ0v) is 17.7. The second kappa shape index (κ2) is 9.26. The molecular formula is C25H22N2O5. The smallest absolute Gasteiger partial charge is 0.291 e. The van der Waals surface area contributed by atoms with Gasteiger partial charge in [0.1, 0.15) is 11.5 Å². The molecule has 0 atom stereocenters. The highest BCUT2D eigenvalue weighted by Crippen LogP contribution is 2.32. The van der Waals surface area contributed by atoms with Crippen LogP contribution in [-0.2, 0) is 11.3 Å². The number of anilines is 1. The monoisotopic (exact) mass is 430 g/mol. The number of hydrogen-bond donors (Lipinski definition) is 2. The van der Waals surface area contributed by atoms with E-state index in [1.165, 1.54) is 0 Å². The molecular weight excluding hydrogens is 408 g/mol. The number of benzene rings is 3. The topological polar surface area (TPSA) is 85.9 Å². The van der Waals surface area contributed by atoms with Crippen molar-refractivity contribution in [3.63, 3.8) is 0 Å². The zero-order chi connectivity index (χ0) is 22.5. The van der Waals surface area contributed by atoms with Crippen LogP contribution >= 0.6 is 0 Å². The Morgan fingerprint density at radius 3 is 2.59 bits per heavy atom. The molecule has 1 heterocycles. The number of methoxy groups -OCH3 is 2. The van der Waals surface area contributed by atoms with Crippen molar-refractivity contribution in [1.29, 1.82) is 0 Å². The molecule has 0 saturated carbocycles. The molecule has 4 rings (SSSR count).